The summed E-state index contributed by atoms with van der Waals surface area (Å²) in [5.41, 5.74) is 7.04. The number of nitrogens with two attached hydrogens (primary N) is 1. The van der Waals surface area contributed by atoms with Gasteiger partial charge in [0.25, 0.3) is 0 Å². The summed E-state index contributed by atoms with van der Waals surface area (Å²) in [6.45, 7) is 8.47. The molecule has 1 heterocycles. The third kappa shape index (κ3) is 3.76. The zero-order valence-corrected chi connectivity index (χ0v) is 10.3. The van der Waals surface area contributed by atoms with Crippen LogP contribution >= 0.6 is 11.3 Å². The first-order valence-corrected chi connectivity index (χ1v) is 5.99. The molecule has 0 aromatic carbocycles. The molecule has 14 heavy (non-hydrogen) atoms. The first-order chi connectivity index (χ1) is 6.38. The Kier molecular flexibility index (Phi) is 3.67. The second-order valence-corrected chi connectivity index (χ2v) is 5.71. The molecule has 0 saturated carbocycles. The Hall–Kier alpha value is -0.410. The van der Waals surface area contributed by atoms with E-state index < -0.39 is 0 Å². The molecule has 0 bridgehead atoms. The fourth-order valence-electron chi connectivity index (χ4n) is 1.15. The van der Waals surface area contributed by atoms with Crippen molar-refractivity contribution in [2.75, 3.05) is 0 Å². The number of aromatic nitrogens is 1. The maximum atomic E-state index is 5.93. The highest BCUT2D eigenvalue weighted by atomic mass is 32.1. The molecular weight excluding hydrogens is 192 g/mol. The van der Waals surface area contributed by atoms with Gasteiger partial charge < -0.3 is 5.73 Å². The van der Waals surface area contributed by atoms with Gasteiger partial charge in [-0.3, -0.25) is 0 Å². The smallest absolute Gasteiger partial charge is 0.0953 e. The molecule has 1 aromatic heterocycles. The molecule has 0 fully saturated rings. The Morgan fingerprint density at radius 3 is 2.57 bits per heavy atom. The van der Waals surface area contributed by atoms with Crippen LogP contribution in [0.25, 0.3) is 0 Å². The van der Waals surface area contributed by atoms with Gasteiger partial charge >= 0.3 is 0 Å². The van der Waals surface area contributed by atoms with Gasteiger partial charge in [0.1, 0.15) is 0 Å². The van der Waals surface area contributed by atoms with Gasteiger partial charge in [-0.05, 0) is 26.7 Å². The van der Waals surface area contributed by atoms with Crippen LogP contribution < -0.4 is 5.73 Å². The molecule has 0 aliphatic heterocycles. The van der Waals surface area contributed by atoms with Crippen molar-refractivity contribution in [1.82, 2.24) is 4.98 Å². The van der Waals surface area contributed by atoms with Crippen molar-refractivity contribution in [3.63, 3.8) is 0 Å². The van der Waals surface area contributed by atoms with Crippen molar-refractivity contribution in [3.05, 3.63) is 16.1 Å². The van der Waals surface area contributed by atoms with E-state index >= 15 is 0 Å². The Labute approximate surface area is 90.6 Å². The Balaban J connectivity index is 2.52. The Morgan fingerprint density at radius 2 is 2.14 bits per heavy atom. The highest BCUT2D eigenvalue weighted by Gasteiger charge is 2.12. The molecule has 0 radical (unpaired) electrons. The number of nitrogens with zero attached hydrogens (tertiary/aromatic N) is 1. The predicted octanol–water partition coefficient (Wildman–Crippen LogP) is 2.94. The van der Waals surface area contributed by atoms with Gasteiger partial charge in [0.2, 0.25) is 0 Å². The van der Waals surface area contributed by atoms with Gasteiger partial charge in [-0.25, -0.2) is 4.98 Å². The van der Waals surface area contributed by atoms with E-state index in [1.807, 2.05) is 0 Å². The van der Waals surface area contributed by atoms with Crippen LogP contribution in [-0.2, 0) is 6.42 Å². The molecule has 0 spiro atoms. The van der Waals surface area contributed by atoms with Crippen LogP contribution in [-0.4, -0.2) is 10.5 Å². The van der Waals surface area contributed by atoms with E-state index in [4.69, 9.17) is 5.73 Å². The second kappa shape index (κ2) is 4.41. The minimum Gasteiger partial charge on any atom is -0.326 e. The summed E-state index contributed by atoms with van der Waals surface area (Å²) in [4.78, 5) is 4.58. The fraction of sp³-hybridized carbons (Fsp3) is 0.727. The molecule has 0 aliphatic carbocycles. The number of rotatable bonds is 4. The van der Waals surface area contributed by atoms with E-state index in [1.165, 1.54) is 10.7 Å². The summed E-state index contributed by atoms with van der Waals surface area (Å²) in [6, 6.07) is 0. The van der Waals surface area contributed by atoms with E-state index in [0.717, 1.165) is 12.8 Å². The SMILES string of the molecule is CC(C)c1nc(CCC(C)(C)N)cs1. The summed E-state index contributed by atoms with van der Waals surface area (Å²) in [5, 5.41) is 3.39. The lowest BCUT2D eigenvalue weighted by Crippen LogP contribution is -2.32. The van der Waals surface area contributed by atoms with Crippen molar-refractivity contribution >= 4 is 11.3 Å². The normalized spacial score (nSPS) is 12.4. The molecule has 0 aliphatic rings. The van der Waals surface area contributed by atoms with Gasteiger partial charge in [-0.1, -0.05) is 13.8 Å². The van der Waals surface area contributed by atoms with Crippen LogP contribution in [0.4, 0.5) is 0 Å². The Morgan fingerprint density at radius 1 is 1.50 bits per heavy atom. The van der Waals surface area contributed by atoms with E-state index in [-0.39, 0.29) is 5.54 Å². The average molecular weight is 212 g/mol. The molecule has 0 amide bonds. The second-order valence-electron chi connectivity index (χ2n) is 4.82. The lowest BCUT2D eigenvalue weighted by molar-refractivity contribution is 0.474. The monoisotopic (exact) mass is 212 g/mol. The van der Waals surface area contributed by atoms with Gasteiger partial charge in [-0.2, -0.15) is 0 Å². The van der Waals surface area contributed by atoms with Crippen molar-refractivity contribution < 1.29 is 0 Å². The molecule has 80 valence electrons. The molecule has 0 saturated heterocycles. The first kappa shape index (κ1) is 11.7. The van der Waals surface area contributed by atoms with Crippen molar-refractivity contribution in [3.8, 4) is 0 Å². The molecular formula is C11H20N2S. The van der Waals surface area contributed by atoms with Crippen LogP contribution in [0, 0.1) is 0 Å². The first-order valence-electron chi connectivity index (χ1n) is 5.11. The lowest BCUT2D eigenvalue weighted by atomic mass is 9.99. The van der Waals surface area contributed by atoms with Crippen LogP contribution in [0.1, 0.15) is 50.7 Å². The number of thiazole rings is 1. The third-order valence-electron chi connectivity index (χ3n) is 2.09. The third-order valence-corrected chi connectivity index (χ3v) is 3.28. The average Bonchev–Trinajstić information content (AvgIpc) is 2.47. The van der Waals surface area contributed by atoms with Gasteiger partial charge in [-0.15, -0.1) is 11.3 Å². The zero-order chi connectivity index (χ0) is 10.8. The number of aryl methyl sites for hydroxylation is 1. The minimum absolute atomic E-state index is 0.0817. The zero-order valence-electron chi connectivity index (χ0n) is 9.50. The maximum Gasteiger partial charge on any atom is 0.0953 e. The standard InChI is InChI=1S/C11H20N2S/c1-8(2)10-13-9(7-14-10)5-6-11(3,4)12/h7-8H,5-6,12H2,1-4H3. The molecule has 0 atom stereocenters. The largest absolute Gasteiger partial charge is 0.326 e. The Bertz CT molecular complexity index is 284. The summed E-state index contributed by atoms with van der Waals surface area (Å²) < 4.78 is 0. The highest BCUT2D eigenvalue weighted by molar-refractivity contribution is 7.09. The predicted molar refractivity (Wildman–Crippen MR) is 62.8 cm³/mol. The maximum absolute atomic E-state index is 5.93. The van der Waals surface area contributed by atoms with Gasteiger partial charge in [0.15, 0.2) is 0 Å². The quantitative estimate of drug-likeness (QED) is 0.833. The molecule has 1 rings (SSSR count). The summed E-state index contributed by atoms with van der Waals surface area (Å²) >= 11 is 1.76. The fourth-order valence-corrected chi connectivity index (χ4v) is 2.02. The molecule has 2 nitrogen and oxygen atoms in total. The summed E-state index contributed by atoms with van der Waals surface area (Å²) in [6.07, 6.45) is 1.99. The molecule has 1 aromatic rings. The summed E-state index contributed by atoms with van der Waals surface area (Å²) in [5.74, 6) is 0.541. The van der Waals surface area contributed by atoms with E-state index in [9.17, 15) is 0 Å². The van der Waals surface area contributed by atoms with Crippen molar-refractivity contribution in [1.29, 1.82) is 0 Å². The number of hydrogen-bond acceptors (Lipinski definition) is 3. The van der Waals surface area contributed by atoms with Crippen LogP contribution in [0.5, 0.6) is 0 Å². The van der Waals surface area contributed by atoms with E-state index in [0.29, 0.717) is 5.92 Å². The van der Waals surface area contributed by atoms with Crippen LogP contribution in [0.3, 0.4) is 0 Å². The molecule has 3 heteroatoms. The van der Waals surface area contributed by atoms with E-state index in [2.05, 4.69) is 38.1 Å². The van der Waals surface area contributed by atoms with Crippen molar-refractivity contribution in [2.24, 2.45) is 5.73 Å². The lowest BCUT2D eigenvalue weighted by Gasteiger charge is -2.16. The van der Waals surface area contributed by atoms with Crippen LogP contribution in [0.2, 0.25) is 0 Å². The van der Waals surface area contributed by atoms with Crippen LogP contribution in [0.15, 0.2) is 5.38 Å². The minimum atomic E-state index is -0.0817. The summed E-state index contributed by atoms with van der Waals surface area (Å²) in [7, 11) is 0. The van der Waals surface area contributed by atoms with E-state index in [1.54, 1.807) is 11.3 Å². The van der Waals surface area contributed by atoms with Gasteiger partial charge in [0.05, 0.1) is 10.7 Å². The molecule has 0 unspecified atom stereocenters. The van der Waals surface area contributed by atoms with Crippen molar-refractivity contribution in [2.45, 2.75) is 52.0 Å². The topological polar surface area (TPSA) is 38.9 Å². The number of hydrogen-bond donors (Lipinski definition) is 1. The van der Waals surface area contributed by atoms with Gasteiger partial charge in [0, 0.05) is 16.8 Å². The highest BCUT2D eigenvalue weighted by Crippen LogP contribution is 2.20. The molecule has 2 N–H and O–H groups in total.